The molecule has 1 saturated carbocycles. The second kappa shape index (κ2) is 10.1. The minimum atomic E-state index is -1.01. The summed E-state index contributed by atoms with van der Waals surface area (Å²) in [6.07, 6.45) is 5.02. The molecule has 0 amide bonds. The van der Waals surface area contributed by atoms with Crippen LogP contribution < -0.4 is 15.4 Å². The topological polar surface area (TPSA) is 75.8 Å². The first kappa shape index (κ1) is 20.1. The van der Waals surface area contributed by atoms with Crippen molar-refractivity contribution in [1.82, 2.24) is 0 Å². The van der Waals surface area contributed by atoms with Crippen LogP contribution in [0.2, 0.25) is 0 Å². The molecule has 0 bridgehead atoms. The number of alkyl halides is 2. The third kappa shape index (κ3) is 5.94. The smallest absolute Gasteiger partial charge is 0.320 e. The van der Waals surface area contributed by atoms with E-state index in [2.05, 4.69) is 4.90 Å². The largest absolute Gasteiger partial charge is 0.488 e. The molecule has 5 nitrogen and oxygen atoms in total. The number of anilines is 1. The van der Waals surface area contributed by atoms with Crippen molar-refractivity contribution in [2.75, 3.05) is 29.7 Å². The normalized spacial score (nSPS) is 16.0. The molecule has 1 unspecified atom stereocenters. The van der Waals surface area contributed by atoms with E-state index in [0.29, 0.717) is 24.8 Å². The second-order valence-corrected chi connectivity index (χ2v) is 7.10. The summed E-state index contributed by atoms with van der Waals surface area (Å²) in [7, 11) is 0. The number of carbonyl (C=O) groups is 1. The number of ether oxygens (including phenoxy) is 1. The maximum atomic E-state index is 11.0. The zero-order valence-electron chi connectivity index (χ0n) is 14.3. The molecule has 0 spiro atoms. The standard InChI is InChI=1S/C18H26Cl2N2O3/c19-7-9-22(10-8-20)16-12-13(11-15(21)18(23)24)5-6-17(16)25-14-3-1-2-4-14/h5-6,12,14-15H,1-4,7-11,21H2,(H,23,24). The molecule has 0 radical (unpaired) electrons. The molecule has 140 valence electrons. The van der Waals surface area contributed by atoms with Crippen LogP contribution in [0.1, 0.15) is 31.2 Å². The Bertz CT molecular complexity index is 559. The Hall–Kier alpha value is -1.17. The summed E-state index contributed by atoms with van der Waals surface area (Å²) in [4.78, 5) is 13.1. The summed E-state index contributed by atoms with van der Waals surface area (Å²) in [6, 6.07) is 4.82. The van der Waals surface area contributed by atoms with Gasteiger partial charge in [0, 0.05) is 24.8 Å². The second-order valence-electron chi connectivity index (χ2n) is 6.34. The molecule has 1 atom stereocenters. The first-order valence-corrected chi connectivity index (χ1v) is 9.77. The van der Waals surface area contributed by atoms with Gasteiger partial charge in [-0.1, -0.05) is 6.07 Å². The zero-order valence-corrected chi connectivity index (χ0v) is 15.8. The number of hydrogen-bond donors (Lipinski definition) is 2. The quantitative estimate of drug-likeness (QED) is 0.601. The van der Waals surface area contributed by atoms with E-state index in [-0.39, 0.29) is 12.5 Å². The van der Waals surface area contributed by atoms with E-state index in [4.69, 9.17) is 38.8 Å². The Kier molecular flexibility index (Phi) is 8.13. The van der Waals surface area contributed by atoms with Crippen LogP contribution in [-0.4, -0.2) is 48.1 Å². The lowest BCUT2D eigenvalue weighted by Gasteiger charge is -2.27. The average Bonchev–Trinajstić information content (AvgIpc) is 3.09. The highest BCUT2D eigenvalue weighted by molar-refractivity contribution is 6.18. The van der Waals surface area contributed by atoms with Crippen LogP contribution in [0.15, 0.2) is 18.2 Å². The van der Waals surface area contributed by atoms with E-state index in [1.54, 1.807) is 0 Å². The number of nitrogens with zero attached hydrogens (tertiary/aromatic N) is 1. The molecule has 1 aromatic rings. The Morgan fingerprint density at radius 2 is 1.92 bits per heavy atom. The number of nitrogens with two attached hydrogens (primary N) is 1. The number of carboxylic acids is 1. The molecule has 1 fully saturated rings. The molecular formula is C18H26Cl2N2O3. The minimum Gasteiger partial charge on any atom is -0.488 e. The summed E-state index contributed by atoms with van der Waals surface area (Å²) in [5.41, 5.74) is 7.44. The predicted octanol–water partition coefficient (Wildman–Crippen LogP) is 3.25. The van der Waals surface area contributed by atoms with Crippen LogP contribution in [0.3, 0.4) is 0 Å². The molecule has 7 heteroatoms. The van der Waals surface area contributed by atoms with E-state index in [0.717, 1.165) is 29.8 Å². The molecule has 0 aromatic heterocycles. The summed E-state index contributed by atoms with van der Waals surface area (Å²) in [5, 5.41) is 9.04. The molecule has 1 aliphatic rings. The maximum absolute atomic E-state index is 11.0. The number of rotatable bonds is 10. The van der Waals surface area contributed by atoms with Crippen molar-refractivity contribution in [2.24, 2.45) is 5.73 Å². The Balaban J connectivity index is 2.27. The van der Waals surface area contributed by atoms with Gasteiger partial charge in [0.25, 0.3) is 0 Å². The first-order chi connectivity index (χ1) is 12.0. The van der Waals surface area contributed by atoms with Crippen molar-refractivity contribution >= 4 is 34.9 Å². The van der Waals surface area contributed by atoms with Crippen LogP contribution in [0.4, 0.5) is 5.69 Å². The minimum absolute atomic E-state index is 0.236. The summed E-state index contributed by atoms with van der Waals surface area (Å²) >= 11 is 11.9. The maximum Gasteiger partial charge on any atom is 0.320 e. The molecule has 25 heavy (non-hydrogen) atoms. The third-order valence-corrected chi connectivity index (χ3v) is 4.78. The van der Waals surface area contributed by atoms with E-state index < -0.39 is 12.0 Å². The molecular weight excluding hydrogens is 363 g/mol. The highest BCUT2D eigenvalue weighted by Crippen LogP contribution is 2.33. The van der Waals surface area contributed by atoms with Gasteiger partial charge in [0.05, 0.1) is 11.8 Å². The van der Waals surface area contributed by atoms with Gasteiger partial charge in [-0.05, 0) is 49.8 Å². The predicted molar refractivity (Wildman–Crippen MR) is 102 cm³/mol. The van der Waals surface area contributed by atoms with Gasteiger partial charge in [-0.15, -0.1) is 23.2 Å². The molecule has 2 rings (SSSR count). The van der Waals surface area contributed by atoms with Crippen LogP contribution in [0.5, 0.6) is 5.75 Å². The van der Waals surface area contributed by atoms with E-state index in [9.17, 15) is 4.79 Å². The summed E-state index contributed by atoms with van der Waals surface area (Å²) in [5.74, 6) is 0.734. The van der Waals surface area contributed by atoms with Gasteiger partial charge in [-0.3, -0.25) is 4.79 Å². The van der Waals surface area contributed by atoms with Crippen LogP contribution in [0.25, 0.3) is 0 Å². The highest BCUT2D eigenvalue weighted by atomic mass is 35.5. The van der Waals surface area contributed by atoms with E-state index in [1.165, 1.54) is 12.8 Å². The van der Waals surface area contributed by atoms with Crippen molar-refractivity contribution in [3.05, 3.63) is 23.8 Å². The Labute approximate surface area is 159 Å². The van der Waals surface area contributed by atoms with Crippen molar-refractivity contribution in [2.45, 2.75) is 44.2 Å². The van der Waals surface area contributed by atoms with E-state index >= 15 is 0 Å². The van der Waals surface area contributed by atoms with Gasteiger partial charge >= 0.3 is 5.97 Å². The first-order valence-electron chi connectivity index (χ1n) is 8.70. The third-order valence-electron chi connectivity index (χ3n) is 4.44. The monoisotopic (exact) mass is 388 g/mol. The fraction of sp³-hybridized carbons (Fsp3) is 0.611. The van der Waals surface area contributed by atoms with Gasteiger partial charge in [-0.2, -0.15) is 0 Å². The number of aliphatic carboxylic acids is 1. The number of carboxylic acid groups (broad SMARTS) is 1. The summed E-state index contributed by atoms with van der Waals surface area (Å²) < 4.78 is 6.21. The number of benzene rings is 1. The van der Waals surface area contributed by atoms with Gasteiger partial charge in [0.1, 0.15) is 11.8 Å². The van der Waals surface area contributed by atoms with E-state index in [1.807, 2.05) is 18.2 Å². The van der Waals surface area contributed by atoms with Crippen molar-refractivity contribution in [3.8, 4) is 5.75 Å². The fourth-order valence-electron chi connectivity index (χ4n) is 3.12. The Morgan fingerprint density at radius 1 is 1.28 bits per heavy atom. The SMILES string of the molecule is NC(Cc1ccc(OC2CCCC2)c(N(CCCl)CCCl)c1)C(=O)O. The Morgan fingerprint density at radius 3 is 2.48 bits per heavy atom. The number of halogens is 2. The van der Waals surface area contributed by atoms with Crippen molar-refractivity contribution in [1.29, 1.82) is 0 Å². The number of hydrogen-bond acceptors (Lipinski definition) is 4. The molecule has 0 heterocycles. The lowest BCUT2D eigenvalue weighted by Crippen LogP contribution is -2.32. The lowest BCUT2D eigenvalue weighted by molar-refractivity contribution is -0.138. The van der Waals surface area contributed by atoms with Crippen molar-refractivity contribution < 1.29 is 14.6 Å². The van der Waals surface area contributed by atoms with Gasteiger partial charge in [0.2, 0.25) is 0 Å². The van der Waals surface area contributed by atoms with Gasteiger partial charge in [0.15, 0.2) is 0 Å². The van der Waals surface area contributed by atoms with Crippen molar-refractivity contribution in [3.63, 3.8) is 0 Å². The average molecular weight is 389 g/mol. The zero-order chi connectivity index (χ0) is 18.2. The summed E-state index contributed by atoms with van der Waals surface area (Å²) in [6.45, 7) is 1.29. The molecule has 1 aromatic carbocycles. The van der Waals surface area contributed by atoms with Crippen LogP contribution in [-0.2, 0) is 11.2 Å². The fourth-order valence-corrected chi connectivity index (χ4v) is 3.53. The molecule has 3 N–H and O–H groups in total. The molecule has 0 saturated heterocycles. The highest BCUT2D eigenvalue weighted by Gasteiger charge is 2.21. The molecule has 0 aliphatic heterocycles. The van der Waals surface area contributed by atoms with Crippen LogP contribution >= 0.6 is 23.2 Å². The van der Waals surface area contributed by atoms with Gasteiger partial charge < -0.3 is 20.5 Å². The van der Waals surface area contributed by atoms with Gasteiger partial charge in [-0.25, -0.2) is 0 Å². The lowest BCUT2D eigenvalue weighted by atomic mass is 10.0. The molecule has 1 aliphatic carbocycles. The van der Waals surface area contributed by atoms with Crippen LogP contribution in [0, 0.1) is 0 Å².